The Morgan fingerprint density at radius 2 is 1.63 bits per heavy atom. The molecule has 0 aliphatic carbocycles. The van der Waals surface area contributed by atoms with Crippen molar-refractivity contribution in [1.29, 1.82) is 0 Å². The summed E-state index contributed by atoms with van der Waals surface area (Å²) in [6.45, 7) is 0. The summed E-state index contributed by atoms with van der Waals surface area (Å²) in [5.41, 5.74) is 2.23. The zero-order valence-electron chi connectivity index (χ0n) is 10.8. The molecule has 0 unspecified atom stereocenters. The number of benzene rings is 2. The molecule has 2 nitrogen and oxygen atoms in total. The molecule has 0 fully saturated rings. The first-order valence-electron chi connectivity index (χ1n) is 6.21. The van der Waals surface area contributed by atoms with E-state index in [2.05, 4.69) is 5.32 Å². The summed E-state index contributed by atoms with van der Waals surface area (Å²) in [4.78, 5) is 11.7. The predicted octanol–water partition coefficient (Wildman–Crippen LogP) is 3.61. The Balaban J connectivity index is 2.34. The van der Waals surface area contributed by atoms with Crippen LogP contribution in [0.2, 0.25) is 5.02 Å². The minimum atomic E-state index is 0.0313. The van der Waals surface area contributed by atoms with Crippen LogP contribution in [-0.4, -0.2) is 13.0 Å². The first-order chi connectivity index (χ1) is 9.20. The van der Waals surface area contributed by atoms with E-state index >= 15 is 0 Å². The van der Waals surface area contributed by atoms with Crippen molar-refractivity contribution in [1.82, 2.24) is 5.32 Å². The summed E-state index contributed by atoms with van der Waals surface area (Å²) < 4.78 is 0. The Morgan fingerprint density at radius 3 is 2.21 bits per heavy atom. The van der Waals surface area contributed by atoms with E-state index in [1.165, 1.54) is 0 Å². The van der Waals surface area contributed by atoms with Gasteiger partial charge in [-0.1, -0.05) is 54.1 Å². The van der Waals surface area contributed by atoms with Gasteiger partial charge in [-0.25, -0.2) is 0 Å². The van der Waals surface area contributed by atoms with Crippen molar-refractivity contribution < 1.29 is 4.79 Å². The molecule has 0 radical (unpaired) electrons. The summed E-state index contributed by atoms with van der Waals surface area (Å²) in [5.74, 6) is 0.0854. The SMILES string of the molecule is CNC(=O)C[C@H](c1ccccc1)c1ccc(Cl)cc1. The van der Waals surface area contributed by atoms with Crippen LogP contribution in [0.15, 0.2) is 54.6 Å². The molecule has 98 valence electrons. The summed E-state index contributed by atoms with van der Waals surface area (Å²) in [5, 5.41) is 3.39. The zero-order chi connectivity index (χ0) is 13.7. The van der Waals surface area contributed by atoms with Crippen molar-refractivity contribution >= 4 is 17.5 Å². The van der Waals surface area contributed by atoms with Crippen LogP contribution < -0.4 is 5.32 Å². The number of nitrogens with one attached hydrogen (secondary N) is 1. The second kappa shape index (κ2) is 6.39. The molecule has 0 bridgehead atoms. The molecule has 3 heteroatoms. The maximum atomic E-state index is 11.7. The average Bonchev–Trinajstić information content (AvgIpc) is 2.46. The second-order valence-electron chi connectivity index (χ2n) is 4.39. The van der Waals surface area contributed by atoms with Crippen molar-refractivity contribution in [2.75, 3.05) is 7.05 Å². The molecule has 1 atom stereocenters. The fraction of sp³-hybridized carbons (Fsp3) is 0.188. The molecule has 0 heterocycles. The standard InChI is InChI=1S/C16H16ClNO/c1-18-16(19)11-15(12-5-3-2-4-6-12)13-7-9-14(17)10-8-13/h2-10,15H,11H2,1H3,(H,18,19)/t15-/m1/s1. The molecule has 19 heavy (non-hydrogen) atoms. The van der Waals surface area contributed by atoms with Crippen molar-refractivity contribution in [2.45, 2.75) is 12.3 Å². The van der Waals surface area contributed by atoms with E-state index in [1.54, 1.807) is 7.05 Å². The van der Waals surface area contributed by atoms with Crippen molar-refractivity contribution in [3.63, 3.8) is 0 Å². The van der Waals surface area contributed by atoms with Gasteiger partial charge in [0.15, 0.2) is 0 Å². The number of carbonyl (C=O) groups excluding carboxylic acids is 1. The summed E-state index contributed by atoms with van der Waals surface area (Å²) in [7, 11) is 1.66. The Hall–Kier alpha value is -1.80. The quantitative estimate of drug-likeness (QED) is 0.906. The van der Waals surface area contributed by atoms with Crippen LogP contribution in [-0.2, 0) is 4.79 Å². The molecule has 1 amide bonds. The minimum Gasteiger partial charge on any atom is -0.359 e. The number of halogens is 1. The molecule has 2 aromatic carbocycles. The molecule has 1 N–H and O–H groups in total. The Bertz CT molecular complexity index is 536. The lowest BCUT2D eigenvalue weighted by atomic mass is 9.88. The van der Waals surface area contributed by atoms with Gasteiger partial charge < -0.3 is 5.32 Å². The lowest BCUT2D eigenvalue weighted by molar-refractivity contribution is -0.120. The molecule has 2 aromatic rings. The van der Waals surface area contributed by atoms with Crippen molar-refractivity contribution in [3.8, 4) is 0 Å². The number of hydrogen-bond donors (Lipinski definition) is 1. The number of rotatable bonds is 4. The molecule has 2 rings (SSSR count). The number of amides is 1. The van der Waals surface area contributed by atoms with Crippen LogP contribution in [0.25, 0.3) is 0 Å². The number of carbonyl (C=O) groups is 1. The maximum absolute atomic E-state index is 11.7. The Labute approximate surface area is 118 Å². The molecule has 0 saturated carbocycles. The van der Waals surface area contributed by atoms with Crippen LogP contribution >= 0.6 is 11.6 Å². The van der Waals surface area contributed by atoms with Crippen molar-refractivity contribution in [2.24, 2.45) is 0 Å². The topological polar surface area (TPSA) is 29.1 Å². The third-order valence-corrected chi connectivity index (χ3v) is 3.39. The van der Waals surface area contributed by atoms with Crippen LogP contribution in [0, 0.1) is 0 Å². The highest BCUT2D eigenvalue weighted by atomic mass is 35.5. The van der Waals surface area contributed by atoms with E-state index in [0.29, 0.717) is 11.4 Å². The van der Waals surface area contributed by atoms with Gasteiger partial charge in [-0.15, -0.1) is 0 Å². The summed E-state index contributed by atoms with van der Waals surface area (Å²) >= 11 is 5.92. The van der Waals surface area contributed by atoms with Gasteiger partial charge in [-0.05, 0) is 23.3 Å². The molecule has 0 aliphatic heterocycles. The first-order valence-corrected chi connectivity index (χ1v) is 6.59. The van der Waals surface area contributed by atoms with Gasteiger partial charge in [-0.2, -0.15) is 0 Å². The molecular weight excluding hydrogens is 258 g/mol. The van der Waals surface area contributed by atoms with Gasteiger partial charge in [0, 0.05) is 24.4 Å². The van der Waals surface area contributed by atoms with E-state index in [9.17, 15) is 4.79 Å². The van der Waals surface area contributed by atoms with Crippen LogP contribution in [0.3, 0.4) is 0 Å². The molecule has 0 aliphatic rings. The van der Waals surface area contributed by atoms with Crippen molar-refractivity contribution in [3.05, 3.63) is 70.7 Å². The third kappa shape index (κ3) is 3.58. The van der Waals surface area contributed by atoms with Crippen LogP contribution in [0.1, 0.15) is 23.5 Å². The first kappa shape index (κ1) is 13.6. The summed E-state index contributed by atoms with van der Waals surface area (Å²) in [6, 6.07) is 17.7. The number of hydrogen-bond acceptors (Lipinski definition) is 1. The van der Waals surface area contributed by atoms with Gasteiger partial charge in [0.2, 0.25) is 5.91 Å². The third-order valence-electron chi connectivity index (χ3n) is 3.14. The van der Waals surface area contributed by atoms with Gasteiger partial charge in [0.05, 0.1) is 0 Å². The Kier molecular flexibility index (Phi) is 4.58. The van der Waals surface area contributed by atoms with Gasteiger partial charge >= 0.3 is 0 Å². The van der Waals surface area contributed by atoms with E-state index in [4.69, 9.17) is 11.6 Å². The van der Waals surface area contributed by atoms with Gasteiger partial charge in [0.25, 0.3) is 0 Å². The monoisotopic (exact) mass is 273 g/mol. The highest BCUT2D eigenvalue weighted by molar-refractivity contribution is 6.30. The van der Waals surface area contributed by atoms with Gasteiger partial charge in [-0.3, -0.25) is 4.79 Å². The predicted molar refractivity (Wildman–Crippen MR) is 78.4 cm³/mol. The normalized spacial score (nSPS) is 11.9. The van der Waals surface area contributed by atoms with E-state index in [1.807, 2.05) is 54.6 Å². The molecule has 0 aromatic heterocycles. The smallest absolute Gasteiger partial charge is 0.220 e. The highest BCUT2D eigenvalue weighted by Gasteiger charge is 2.17. The van der Waals surface area contributed by atoms with Gasteiger partial charge in [0.1, 0.15) is 0 Å². The van der Waals surface area contributed by atoms with E-state index in [0.717, 1.165) is 11.1 Å². The average molecular weight is 274 g/mol. The van der Waals surface area contributed by atoms with E-state index < -0.39 is 0 Å². The lowest BCUT2D eigenvalue weighted by Gasteiger charge is -2.17. The zero-order valence-corrected chi connectivity index (χ0v) is 11.5. The van der Waals surface area contributed by atoms with E-state index in [-0.39, 0.29) is 11.8 Å². The highest BCUT2D eigenvalue weighted by Crippen LogP contribution is 2.28. The summed E-state index contributed by atoms with van der Waals surface area (Å²) in [6.07, 6.45) is 0.433. The molecule has 0 spiro atoms. The van der Waals surface area contributed by atoms with Crippen LogP contribution in [0.4, 0.5) is 0 Å². The Morgan fingerprint density at radius 1 is 1.05 bits per heavy atom. The largest absolute Gasteiger partial charge is 0.359 e. The lowest BCUT2D eigenvalue weighted by Crippen LogP contribution is -2.21. The fourth-order valence-electron chi connectivity index (χ4n) is 2.10. The molecule has 0 saturated heterocycles. The minimum absolute atomic E-state index is 0.0313. The van der Waals surface area contributed by atoms with Crippen LogP contribution in [0.5, 0.6) is 0 Å². The maximum Gasteiger partial charge on any atom is 0.220 e. The molecular formula is C16H16ClNO. The fourth-order valence-corrected chi connectivity index (χ4v) is 2.22. The second-order valence-corrected chi connectivity index (χ2v) is 4.83.